The lowest BCUT2D eigenvalue weighted by molar-refractivity contribution is -0.135. The number of amides is 2. The molecule has 2 amide bonds. The minimum Gasteiger partial charge on any atom is -0.438 e. The van der Waals surface area contributed by atoms with E-state index in [1.807, 2.05) is 4.90 Å². The number of piperidine rings is 1. The van der Waals surface area contributed by atoms with E-state index in [2.05, 4.69) is 10.3 Å². The number of nitrogens with two attached hydrogens (primary N) is 1. The fourth-order valence-electron chi connectivity index (χ4n) is 4.96. The molecule has 3 N–H and O–H groups in total. The van der Waals surface area contributed by atoms with Crippen LogP contribution in [0.25, 0.3) is 0 Å². The van der Waals surface area contributed by atoms with E-state index in [-0.39, 0.29) is 48.2 Å². The predicted molar refractivity (Wildman–Crippen MR) is 108 cm³/mol. The number of aromatic nitrogens is 1. The summed E-state index contributed by atoms with van der Waals surface area (Å²) in [4.78, 5) is 30.6. The van der Waals surface area contributed by atoms with Crippen LogP contribution in [0.15, 0.2) is 22.9 Å². The van der Waals surface area contributed by atoms with Crippen LogP contribution in [-0.4, -0.2) is 46.4 Å². The minimum atomic E-state index is -1.23. The lowest BCUT2D eigenvalue weighted by Gasteiger charge is -2.41. The van der Waals surface area contributed by atoms with E-state index in [0.717, 1.165) is 18.9 Å². The zero-order valence-corrected chi connectivity index (χ0v) is 17.6. The molecule has 2 aliphatic rings. The molecule has 2 fully saturated rings. The Hall–Kier alpha value is -2.88. The van der Waals surface area contributed by atoms with Crippen molar-refractivity contribution >= 4 is 11.8 Å². The van der Waals surface area contributed by atoms with E-state index < -0.39 is 29.4 Å². The number of fused-ring (bicyclic) bond motifs is 2. The lowest BCUT2D eigenvalue weighted by atomic mass is 9.82. The molecule has 2 saturated heterocycles. The van der Waals surface area contributed by atoms with Gasteiger partial charge in [-0.25, -0.2) is 18.2 Å². The molecule has 1 aromatic heterocycles. The van der Waals surface area contributed by atoms with Crippen molar-refractivity contribution in [3.8, 4) is 0 Å². The molecule has 3 atom stereocenters. The van der Waals surface area contributed by atoms with E-state index in [4.69, 9.17) is 10.2 Å². The molecule has 172 valence electrons. The Morgan fingerprint density at radius 2 is 1.84 bits per heavy atom. The molecule has 10 heteroatoms. The molecule has 2 aromatic rings. The Bertz CT molecular complexity index is 1010. The molecular weight excluding hydrogens is 425 g/mol. The van der Waals surface area contributed by atoms with Crippen LogP contribution < -0.4 is 11.1 Å². The van der Waals surface area contributed by atoms with Gasteiger partial charge < -0.3 is 20.4 Å². The first-order valence-electron chi connectivity index (χ1n) is 10.6. The summed E-state index contributed by atoms with van der Waals surface area (Å²) in [7, 11) is 0. The van der Waals surface area contributed by atoms with Crippen molar-refractivity contribution in [2.75, 3.05) is 6.54 Å². The maximum Gasteiger partial charge on any atom is 0.289 e. The number of benzene rings is 1. The summed E-state index contributed by atoms with van der Waals surface area (Å²) < 4.78 is 45.7. The quantitative estimate of drug-likeness (QED) is 0.659. The van der Waals surface area contributed by atoms with Gasteiger partial charge in [-0.3, -0.25) is 9.59 Å². The van der Waals surface area contributed by atoms with Crippen LogP contribution in [0.2, 0.25) is 0 Å². The SMILES string of the molecule is Cc1ncoc1C(=O)NCC(=O)N1C2CCC1CC([C@H](N)Cc1cc(F)c(F)cc1F)C2. The van der Waals surface area contributed by atoms with Gasteiger partial charge in [0.15, 0.2) is 18.0 Å². The first-order valence-corrected chi connectivity index (χ1v) is 10.6. The van der Waals surface area contributed by atoms with Gasteiger partial charge in [-0.1, -0.05) is 0 Å². The van der Waals surface area contributed by atoms with Gasteiger partial charge in [0, 0.05) is 24.2 Å². The third-order valence-corrected chi connectivity index (χ3v) is 6.56. The van der Waals surface area contributed by atoms with Gasteiger partial charge in [-0.05, 0) is 56.6 Å². The second kappa shape index (κ2) is 8.93. The molecule has 2 unspecified atom stereocenters. The Balaban J connectivity index is 1.35. The largest absolute Gasteiger partial charge is 0.438 e. The van der Waals surface area contributed by atoms with Crippen molar-refractivity contribution in [2.45, 2.75) is 57.2 Å². The van der Waals surface area contributed by atoms with Crippen LogP contribution in [0.3, 0.4) is 0 Å². The molecule has 0 spiro atoms. The number of hydrogen-bond donors (Lipinski definition) is 2. The van der Waals surface area contributed by atoms with E-state index in [1.165, 1.54) is 6.39 Å². The van der Waals surface area contributed by atoms with E-state index in [1.54, 1.807) is 6.92 Å². The smallest absolute Gasteiger partial charge is 0.289 e. The van der Waals surface area contributed by atoms with Crippen molar-refractivity contribution in [3.05, 3.63) is 53.0 Å². The number of nitrogens with one attached hydrogen (secondary N) is 1. The van der Waals surface area contributed by atoms with Gasteiger partial charge in [-0.2, -0.15) is 0 Å². The van der Waals surface area contributed by atoms with E-state index >= 15 is 0 Å². The fourth-order valence-corrected chi connectivity index (χ4v) is 4.96. The summed E-state index contributed by atoms with van der Waals surface area (Å²) in [5, 5.41) is 2.58. The molecule has 2 bridgehead atoms. The number of rotatable bonds is 6. The highest BCUT2D eigenvalue weighted by Crippen LogP contribution is 2.40. The molecule has 0 aliphatic carbocycles. The Morgan fingerprint density at radius 3 is 2.47 bits per heavy atom. The van der Waals surface area contributed by atoms with E-state index in [9.17, 15) is 22.8 Å². The average Bonchev–Trinajstić information content (AvgIpc) is 3.29. The normalized spacial score (nSPS) is 23.3. The second-order valence-corrected chi connectivity index (χ2v) is 8.59. The van der Waals surface area contributed by atoms with Crippen LogP contribution in [0.4, 0.5) is 13.2 Å². The highest BCUT2D eigenvalue weighted by atomic mass is 19.2. The molecule has 1 aromatic carbocycles. The highest BCUT2D eigenvalue weighted by Gasteiger charge is 2.44. The third kappa shape index (κ3) is 4.36. The minimum absolute atomic E-state index is 0.0176. The summed E-state index contributed by atoms with van der Waals surface area (Å²) in [6.45, 7) is 1.49. The van der Waals surface area contributed by atoms with Gasteiger partial charge in [0.25, 0.3) is 5.91 Å². The van der Waals surface area contributed by atoms with Crippen LogP contribution in [0, 0.1) is 30.3 Å². The third-order valence-electron chi connectivity index (χ3n) is 6.56. The summed E-state index contributed by atoms with van der Waals surface area (Å²) in [6.07, 6.45) is 4.20. The number of aryl methyl sites for hydroxylation is 1. The van der Waals surface area contributed by atoms with Crippen LogP contribution in [0.5, 0.6) is 0 Å². The van der Waals surface area contributed by atoms with Crippen LogP contribution in [0.1, 0.15) is 47.5 Å². The summed E-state index contributed by atoms with van der Waals surface area (Å²) in [5.41, 5.74) is 6.81. The number of nitrogens with zero attached hydrogens (tertiary/aromatic N) is 2. The molecule has 3 heterocycles. The molecule has 0 radical (unpaired) electrons. The lowest BCUT2D eigenvalue weighted by Crippen LogP contribution is -2.52. The van der Waals surface area contributed by atoms with Gasteiger partial charge in [0.05, 0.1) is 12.2 Å². The Labute approximate surface area is 183 Å². The van der Waals surface area contributed by atoms with Crippen molar-refractivity contribution < 1.29 is 27.2 Å². The number of carbonyl (C=O) groups excluding carboxylic acids is 2. The summed E-state index contributed by atoms with van der Waals surface area (Å²) in [5.74, 6) is -3.71. The maximum atomic E-state index is 14.0. The number of carbonyl (C=O) groups is 2. The molecule has 2 aliphatic heterocycles. The second-order valence-electron chi connectivity index (χ2n) is 8.59. The van der Waals surface area contributed by atoms with Crippen LogP contribution in [-0.2, 0) is 11.2 Å². The monoisotopic (exact) mass is 450 g/mol. The topological polar surface area (TPSA) is 101 Å². The standard InChI is InChI=1S/C22H25F3N4O3/c1-11-21(32-10-28-11)22(31)27-9-20(30)29-14-2-3-15(29)5-13(4-14)19(26)7-12-6-17(24)18(25)8-16(12)23/h6,8,10,13-15,19H,2-5,7,9,26H2,1H3,(H,27,31)/t13?,14?,15?,19-/m1/s1. The molecular formula is C22H25F3N4O3. The predicted octanol–water partition coefficient (Wildman–Crippen LogP) is 2.47. The zero-order valence-electron chi connectivity index (χ0n) is 17.6. The molecule has 32 heavy (non-hydrogen) atoms. The zero-order chi connectivity index (χ0) is 23.0. The molecule has 7 nitrogen and oxygen atoms in total. The Morgan fingerprint density at radius 1 is 1.19 bits per heavy atom. The molecule has 0 saturated carbocycles. The number of hydrogen-bond acceptors (Lipinski definition) is 5. The van der Waals surface area contributed by atoms with Crippen molar-refractivity contribution in [1.29, 1.82) is 0 Å². The molecule has 4 rings (SSSR count). The highest BCUT2D eigenvalue weighted by molar-refractivity contribution is 5.95. The van der Waals surface area contributed by atoms with Crippen LogP contribution >= 0.6 is 0 Å². The van der Waals surface area contributed by atoms with Crippen molar-refractivity contribution in [1.82, 2.24) is 15.2 Å². The van der Waals surface area contributed by atoms with Gasteiger partial charge >= 0.3 is 0 Å². The average molecular weight is 450 g/mol. The number of oxazole rings is 1. The van der Waals surface area contributed by atoms with E-state index in [0.29, 0.717) is 24.6 Å². The van der Waals surface area contributed by atoms with Crippen molar-refractivity contribution in [2.24, 2.45) is 11.7 Å². The fraction of sp³-hybridized carbons (Fsp3) is 0.500. The maximum absolute atomic E-state index is 14.0. The van der Waals surface area contributed by atoms with Crippen molar-refractivity contribution in [3.63, 3.8) is 0 Å². The summed E-state index contributed by atoms with van der Waals surface area (Å²) >= 11 is 0. The first kappa shape index (κ1) is 22.3. The van der Waals surface area contributed by atoms with Gasteiger partial charge in [0.1, 0.15) is 5.82 Å². The van der Waals surface area contributed by atoms with Gasteiger partial charge in [-0.15, -0.1) is 0 Å². The Kier molecular flexibility index (Phi) is 6.23. The van der Waals surface area contributed by atoms with Gasteiger partial charge in [0.2, 0.25) is 11.7 Å². The first-order chi connectivity index (χ1) is 15.2. The summed E-state index contributed by atoms with van der Waals surface area (Å²) in [6, 6.07) is 0.920. The number of halogens is 3.